The first-order chi connectivity index (χ1) is 9.76. The largest absolute Gasteiger partial charge is 0.496 e. The van der Waals surface area contributed by atoms with Crippen LogP contribution in [0.25, 0.3) is 16.9 Å². The molecule has 0 unspecified atom stereocenters. The van der Waals surface area contributed by atoms with E-state index in [1.54, 1.807) is 11.5 Å². The number of nitrogens with zero attached hydrogens (tertiary/aromatic N) is 3. The molecule has 0 N–H and O–H groups in total. The highest BCUT2D eigenvalue weighted by Gasteiger charge is 2.18. The van der Waals surface area contributed by atoms with Crippen molar-refractivity contribution in [2.45, 2.75) is 6.92 Å². The zero-order valence-electron chi connectivity index (χ0n) is 11.2. The molecule has 0 saturated carbocycles. The fourth-order valence-electron chi connectivity index (χ4n) is 2.34. The zero-order valence-corrected chi connectivity index (χ0v) is 11.2. The Kier molecular flexibility index (Phi) is 2.95. The minimum Gasteiger partial charge on any atom is -0.496 e. The Labute approximate surface area is 115 Å². The molecule has 1 aromatic carbocycles. The molecule has 0 atom stereocenters. The summed E-state index contributed by atoms with van der Waals surface area (Å²) in [6.07, 6.45) is 0. The first kappa shape index (κ1) is 12.3. The third-order valence-electron chi connectivity index (χ3n) is 3.26. The molecular weight excluding hydrogens is 254 g/mol. The van der Waals surface area contributed by atoms with Crippen molar-refractivity contribution in [2.24, 2.45) is 5.18 Å². The van der Waals surface area contributed by atoms with Crippen molar-refractivity contribution in [1.29, 1.82) is 0 Å². The summed E-state index contributed by atoms with van der Waals surface area (Å²) >= 11 is 0. The molecule has 0 radical (unpaired) electrons. The number of hydrogen-bond donors (Lipinski definition) is 0. The van der Waals surface area contributed by atoms with E-state index in [0.29, 0.717) is 22.9 Å². The second-order valence-electron chi connectivity index (χ2n) is 4.44. The molecule has 0 aliphatic carbocycles. The van der Waals surface area contributed by atoms with Crippen molar-refractivity contribution in [3.63, 3.8) is 0 Å². The number of para-hydroxylation sites is 1. The van der Waals surface area contributed by atoms with Crippen molar-refractivity contribution in [3.8, 4) is 17.0 Å². The van der Waals surface area contributed by atoms with Crippen LogP contribution in [0.4, 0.5) is 5.82 Å². The van der Waals surface area contributed by atoms with E-state index < -0.39 is 0 Å². The molecule has 0 fully saturated rings. The molecule has 0 bridgehead atoms. The third kappa shape index (κ3) is 1.75. The van der Waals surface area contributed by atoms with E-state index in [9.17, 15) is 4.91 Å². The third-order valence-corrected chi connectivity index (χ3v) is 3.26. The highest BCUT2D eigenvalue weighted by atomic mass is 16.5. The quantitative estimate of drug-likeness (QED) is 0.679. The SMILES string of the molecule is COc1ccccc1-c1nc2cccc(C)n2c1N=O. The second kappa shape index (κ2) is 4.77. The summed E-state index contributed by atoms with van der Waals surface area (Å²) in [7, 11) is 1.59. The van der Waals surface area contributed by atoms with Crippen LogP contribution in [0, 0.1) is 11.8 Å². The van der Waals surface area contributed by atoms with Crippen LogP contribution in [0.5, 0.6) is 5.75 Å². The van der Waals surface area contributed by atoms with Gasteiger partial charge in [-0.2, -0.15) is 0 Å². The average molecular weight is 267 g/mol. The predicted octanol–water partition coefficient (Wildman–Crippen LogP) is 3.72. The minimum atomic E-state index is 0.294. The lowest BCUT2D eigenvalue weighted by Gasteiger charge is -2.05. The molecule has 0 spiro atoms. The molecule has 5 heteroatoms. The summed E-state index contributed by atoms with van der Waals surface area (Å²) in [6.45, 7) is 1.91. The molecule has 5 nitrogen and oxygen atoms in total. The van der Waals surface area contributed by atoms with Gasteiger partial charge in [-0.25, -0.2) is 4.98 Å². The second-order valence-corrected chi connectivity index (χ2v) is 4.44. The Bertz CT molecular complexity index is 793. The maximum atomic E-state index is 11.3. The smallest absolute Gasteiger partial charge is 0.210 e. The molecule has 2 heterocycles. The molecule has 3 rings (SSSR count). The number of rotatable bonds is 3. The first-order valence-electron chi connectivity index (χ1n) is 6.21. The summed E-state index contributed by atoms with van der Waals surface area (Å²) in [4.78, 5) is 15.8. The molecule has 100 valence electrons. The van der Waals surface area contributed by atoms with Crippen LogP contribution in [0.2, 0.25) is 0 Å². The Morgan fingerprint density at radius 3 is 2.70 bits per heavy atom. The zero-order chi connectivity index (χ0) is 14.1. The van der Waals surface area contributed by atoms with Gasteiger partial charge in [0, 0.05) is 11.3 Å². The normalized spacial score (nSPS) is 10.7. The van der Waals surface area contributed by atoms with E-state index in [1.165, 1.54) is 0 Å². The van der Waals surface area contributed by atoms with Gasteiger partial charge in [0.05, 0.1) is 7.11 Å². The van der Waals surface area contributed by atoms with Crippen LogP contribution in [0.1, 0.15) is 5.69 Å². The van der Waals surface area contributed by atoms with E-state index in [-0.39, 0.29) is 0 Å². The summed E-state index contributed by atoms with van der Waals surface area (Å²) in [5, 5.41) is 3.17. The number of imidazole rings is 1. The molecule has 2 aromatic heterocycles. The first-order valence-corrected chi connectivity index (χ1v) is 6.21. The van der Waals surface area contributed by atoms with E-state index in [0.717, 1.165) is 11.3 Å². The molecule has 3 aromatic rings. The van der Waals surface area contributed by atoms with Crippen LogP contribution in [-0.2, 0) is 0 Å². The van der Waals surface area contributed by atoms with Crippen LogP contribution in [0.15, 0.2) is 47.6 Å². The lowest BCUT2D eigenvalue weighted by atomic mass is 10.1. The molecular formula is C15H13N3O2. The van der Waals surface area contributed by atoms with Gasteiger partial charge in [-0.3, -0.25) is 4.40 Å². The summed E-state index contributed by atoms with van der Waals surface area (Å²) < 4.78 is 7.08. The maximum absolute atomic E-state index is 11.3. The minimum absolute atomic E-state index is 0.294. The van der Waals surface area contributed by atoms with Gasteiger partial charge in [0.25, 0.3) is 0 Å². The molecule has 0 amide bonds. The maximum Gasteiger partial charge on any atom is 0.210 e. The van der Waals surface area contributed by atoms with Gasteiger partial charge in [-0.1, -0.05) is 18.2 Å². The van der Waals surface area contributed by atoms with Gasteiger partial charge >= 0.3 is 0 Å². The monoisotopic (exact) mass is 267 g/mol. The van der Waals surface area contributed by atoms with Crippen molar-refractivity contribution >= 4 is 11.5 Å². The summed E-state index contributed by atoms with van der Waals surface area (Å²) in [5.41, 5.74) is 2.89. The summed E-state index contributed by atoms with van der Waals surface area (Å²) in [6, 6.07) is 13.1. The standard InChI is InChI=1S/C15H13N3O2/c1-10-6-5-9-13-16-14(15(17-19)18(10)13)11-7-3-4-8-12(11)20-2/h3-9H,1-2H3. The van der Waals surface area contributed by atoms with Gasteiger partial charge < -0.3 is 4.74 Å². The van der Waals surface area contributed by atoms with Gasteiger partial charge in [-0.15, -0.1) is 4.91 Å². The lowest BCUT2D eigenvalue weighted by Crippen LogP contribution is -1.89. The van der Waals surface area contributed by atoms with E-state index in [2.05, 4.69) is 10.2 Å². The van der Waals surface area contributed by atoms with E-state index >= 15 is 0 Å². The number of fused-ring (bicyclic) bond motifs is 1. The number of nitroso groups, excluding NO2 is 1. The Morgan fingerprint density at radius 2 is 1.95 bits per heavy atom. The van der Waals surface area contributed by atoms with Crippen LogP contribution in [0.3, 0.4) is 0 Å². The van der Waals surface area contributed by atoms with Gasteiger partial charge in [-0.05, 0) is 36.4 Å². The number of hydrogen-bond acceptors (Lipinski definition) is 4. The number of aryl methyl sites for hydroxylation is 1. The van der Waals surface area contributed by atoms with E-state index in [1.807, 2.05) is 49.4 Å². The summed E-state index contributed by atoms with van der Waals surface area (Å²) in [5.74, 6) is 0.959. The van der Waals surface area contributed by atoms with E-state index in [4.69, 9.17) is 4.74 Å². The molecule has 0 aliphatic heterocycles. The molecule has 20 heavy (non-hydrogen) atoms. The lowest BCUT2D eigenvalue weighted by molar-refractivity contribution is 0.416. The van der Waals surface area contributed by atoms with Gasteiger partial charge in [0.15, 0.2) is 0 Å². The molecule has 0 aliphatic rings. The fraction of sp³-hybridized carbons (Fsp3) is 0.133. The van der Waals surface area contributed by atoms with Crippen molar-refractivity contribution in [3.05, 3.63) is 53.1 Å². The highest BCUT2D eigenvalue weighted by Crippen LogP contribution is 2.36. The topological polar surface area (TPSA) is 56.0 Å². The molecule has 0 saturated heterocycles. The highest BCUT2D eigenvalue weighted by molar-refractivity contribution is 5.78. The van der Waals surface area contributed by atoms with Crippen LogP contribution >= 0.6 is 0 Å². The number of pyridine rings is 1. The Hall–Kier alpha value is -2.69. The Morgan fingerprint density at radius 1 is 1.15 bits per heavy atom. The number of benzene rings is 1. The fourth-order valence-corrected chi connectivity index (χ4v) is 2.34. The van der Waals surface area contributed by atoms with Gasteiger partial charge in [0.1, 0.15) is 17.1 Å². The van der Waals surface area contributed by atoms with Crippen molar-refractivity contribution in [2.75, 3.05) is 7.11 Å². The van der Waals surface area contributed by atoms with Gasteiger partial charge in [0.2, 0.25) is 5.82 Å². The Balaban J connectivity index is 2.37. The predicted molar refractivity (Wildman–Crippen MR) is 77.4 cm³/mol. The van der Waals surface area contributed by atoms with Crippen LogP contribution < -0.4 is 4.74 Å². The average Bonchev–Trinajstić information content (AvgIpc) is 2.87. The van der Waals surface area contributed by atoms with Crippen molar-refractivity contribution in [1.82, 2.24) is 9.38 Å². The van der Waals surface area contributed by atoms with Crippen molar-refractivity contribution < 1.29 is 4.74 Å². The number of methoxy groups -OCH3 is 1. The van der Waals surface area contributed by atoms with Crippen LogP contribution in [-0.4, -0.2) is 16.5 Å². The number of aromatic nitrogens is 2. The number of ether oxygens (including phenoxy) is 1.